The Morgan fingerprint density at radius 3 is 2.50 bits per heavy atom. The summed E-state index contributed by atoms with van der Waals surface area (Å²) in [5.41, 5.74) is 4.62. The lowest BCUT2D eigenvalue weighted by atomic mass is 10.1. The molecule has 6 nitrogen and oxygen atoms in total. The number of piperazine rings is 1. The summed E-state index contributed by atoms with van der Waals surface area (Å²) < 4.78 is 5.44. The van der Waals surface area contributed by atoms with Gasteiger partial charge in [-0.25, -0.2) is 0 Å². The summed E-state index contributed by atoms with van der Waals surface area (Å²) in [6.07, 6.45) is 1.36. The standard InChI is InChI=1S/C24H28N4O2/c1-18-6-9-21(10-7-18)24-25-22(30-26-24)17-27-12-14-28(15-13-27)23(29)11-8-20-5-3-4-19(2)16-20/h3-7,9-10,16H,8,11-15,17H2,1-2H3. The topological polar surface area (TPSA) is 62.5 Å². The molecule has 0 saturated carbocycles. The van der Waals surface area contributed by atoms with Gasteiger partial charge in [0.05, 0.1) is 6.54 Å². The average molecular weight is 405 g/mol. The summed E-state index contributed by atoms with van der Waals surface area (Å²) in [6, 6.07) is 16.5. The third-order valence-corrected chi connectivity index (χ3v) is 5.57. The fourth-order valence-corrected chi connectivity index (χ4v) is 3.76. The van der Waals surface area contributed by atoms with Crippen LogP contribution in [0.3, 0.4) is 0 Å². The highest BCUT2D eigenvalue weighted by Crippen LogP contribution is 2.17. The Bertz CT molecular complexity index is 988. The first-order chi connectivity index (χ1) is 14.6. The molecular weight excluding hydrogens is 376 g/mol. The number of carbonyl (C=O) groups excluding carboxylic acids is 1. The zero-order valence-corrected chi connectivity index (χ0v) is 17.7. The van der Waals surface area contributed by atoms with Crippen molar-refractivity contribution in [1.29, 1.82) is 0 Å². The number of aromatic nitrogens is 2. The molecule has 1 aromatic heterocycles. The molecule has 4 rings (SSSR count). The van der Waals surface area contributed by atoms with Gasteiger partial charge in [-0.05, 0) is 25.8 Å². The molecule has 0 N–H and O–H groups in total. The number of hydrogen-bond acceptors (Lipinski definition) is 5. The van der Waals surface area contributed by atoms with E-state index in [-0.39, 0.29) is 5.91 Å². The molecule has 0 aliphatic carbocycles. The monoisotopic (exact) mass is 404 g/mol. The molecule has 0 spiro atoms. The van der Waals surface area contributed by atoms with E-state index in [0.717, 1.165) is 38.2 Å². The molecule has 3 aromatic rings. The molecule has 0 radical (unpaired) electrons. The summed E-state index contributed by atoms with van der Waals surface area (Å²) in [6.45, 7) is 7.87. The van der Waals surface area contributed by atoms with Gasteiger partial charge in [-0.15, -0.1) is 0 Å². The van der Waals surface area contributed by atoms with Crippen LogP contribution < -0.4 is 0 Å². The number of benzene rings is 2. The summed E-state index contributed by atoms with van der Waals surface area (Å²) in [5.74, 6) is 1.47. The van der Waals surface area contributed by atoms with Crippen molar-refractivity contribution in [1.82, 2.24) is 19.9 Å². The molecule has 0 unspecified atom stereocenters. The maximum atomic E-state index is 12.6. The number of rotatable bonds is 6. The number of amides is 1. The maximum Gasteiger partial charge on any atom is 0.241 e. The lowest BCUT2D eigenvalue weighted by Gasteiger charge is -2.34. The van der Waals surface area contributed by atoms with Crippen molar-refractivity contribution in [2.75, 3.05) is 26.2 Å². The van der Waals surface area contributed by atoms with Gasteiger partial charge in [0.15, 0.2) is 0 Å². The number of aryl methyl sites for hydroxylation is 3. The number of carbonyl (C=O) groups is 1. The quantitative estimate of drug-likeness (QED) is 0.628. The zero-order valence-electron chi connectivity index (χ0n) is 17.7. The molecule has 6 heteroatoms. The molecular formula is C24H28N4O2. The second-order valence-corrected chi connectivity index (χ2v) is 8.02. The van der Waals surface area contributed by atoms with Crippen LogP contribution in [-0.2, 0) is 17.8 Å². The van der Waals surface area contributed by atoms with Crippen molar-refractivity contribution < 1.29 is 9.32 Å². The van der Waals surface area contributed by atoms with Crippen molar-refractivity contribution in [3.63, 3.8) is 0 Å². The minimum absolute atomic E-state index is 0.232. The fourth-order valence-electron chi connectivity index (χ4n) is 3.76. The number of hydrogen-bond donors (Lipinski definition) is 0. The Labute approximate surface area is 177 Å². The third-order valence-electron chi connectivity index (χ3n) is 5.57. The lowest BCUT2D eigenvalue weighted by molar-refractivity contribution is -0.133. The molecule has 1 fully saturated rings. The van der Waals surface area contributed by atoms with E-state index in [9.17, 15) is 4.79 Å². The second kappa shape index (κ2) is 9.22. The molecule has 0 atom stereocenters. The van der Waals surface area contributed by atoms with E-state index in [1.165, 1.54) is 16.7 Å². The highest BCUT2D eigenvalue weighted by molar-refractivity contribution is 5.76. The summed E-state index contributed by atoms with van der Waals surface area (Å²) >= 11 is 0. The molecule has 2 aromatic carbocycles. The van der Waals surface area contributed by atoms with Crippen LogP contribution in [-0.4, -0.2) is 52.0 Å². The summed E-state index contributed by atoms with van der Waals surface area (Å²) in [4.78, 5) is 21.3. The predicted octanol–water partition coefficient (Wildman–Crippen LogP) is 3.63. The van der Waals surface area contributed by atoms with Crippen LogP contribution in [0.2, 0.25) is 0 Å². The first-order valence-corrected chi connectivity index (χ1v) is 10.5. The molecule has 1 aliphatic rings. The maximum absolute atomic E-state index is 12.6. The van der Waals surface area contributed by atoms with Crippen LogP contribution in [0.25, 0.3) is 11.4 Å². The Morgan fingerprint density at radius 2 is 1.77 bits per heavy atom. The Kier molecular flexibility index (Phi) is 6.23. The van der Waals surface area contributed by atoms with Gasteiger partial charge >= 0.3 is 0 Å². The van der Waals surface area contributed by atoms with E-state index in [1.54, 1.807) is 0 Å². The lowest BCUT2D eigenvalue weighted by Crippen LogP contribution is -2.48. The summed E-state index contributed by atoms with van der Waals surface area (Å²) in [5, 5.41) is 4.11. The van der Waals surface area contributed by atoms with Crippen LogP contribution in [0.15, 0.2) is 53.1 Å². The molecule has 1 amide bonds. The van der Waals surface area contributed by atoms with E-state index in [1.807, 2.05) is 29.2 Å². The minimum Gasteiger partial charge on any atom is -0.340 e. The summed E-state index contributed by atoms with van der Waals surface area (Å²) in [7, 11) is 0. The van der Waals surface area contributed by atoms with Gasteiger partial charge in [-0.2, -0.15) is 4.98 Å². The number of nitrogens with zero attached hydrogens (tertiary/aromatic N) is 4. The molecule has 156 valence electrons. The van der Waals surface area contributed by atoms with E-state index >= 15 is 0 Å². The van der Waals surface area contributed by atoms with Crippen molar-refractivity contribution >= 4 is 5.91 Å². The van der Waals surface area contributed by atoms with Crippen LogP contribution in [0, 0.1) is 13.8 Å². The molecule has 0 bridgehead atoms. The van der Waals surface area contributed by atoms with E-state index in [0.29, 0.717) is 24.7 Å². The second-order valence-electron chi connectivity index (χ2n) is 8.02. The van der Waals surface area contributed by atoms with Crippen LogP contribution in [0.4, 0.5) is 0 Å². The van der Waals surface area contributed by atoms with Crippen molar-refractivity contribution in [2.24, 2.45) is 0 Å². The van der Waals surface area contributed by atoms with Gasteiger partial charge in [0, 0.05) is 38.2 Å². The Hall–Kier alpha value is -2.99. The Morgan fingerprint density at radius 1 is 1.00 bits per heavy atom. The normalized spacial score (nSPS) is 14.8. The largest absolute Gasteiger partial charge is 0.340 e. The highest BCUT2D eigenvalue weighted by atomic mass is 16.5. The van der Waals surface area contributed by atoms with Crippen molar-refractivity contribution in [3.8, 4) is 11.4 Å². The fraction of sp³-hybridized carbons (Fsp3) is 0.375. The van der Waals surface area contributed by atoms with Gasteiger partial charge in [-0.1, -0.05) is 64.8 Å². The molecule has 1 aliphatic heterocycles. The van der Waals surface area contributed by atoms with Gasteiger partial charge in [-0.3, -0.25) is 9.69 Å². The highest BCUT2D eigenvalue weighted by Gasteiger charge is 2.22. The van der Waals surface area contributed by atoms with Crippen LogP contribution >= 0.6 is 0 Å². The SMILES string of the molecule is Cc1ccc(-c2noc(CN3CCN(C(=O)CCc4cccc(C)c4)CC3)n2)cc1. The molecule has 30 heavy (non-hydrogen) atoms. The predicted molar refractivity (Wildman–Crippen MR) is 116 cm³/mol. The van der Waals surface area contributed by atoms with Gasteiger partial charge in [0.25, 0.3) is 0 Å². The van der Waals surface area contributed by atoms with Gasteiger partial charge in [0.2, 0.25) is 17.6 Å². The molecule has 2 heterocycles. The Balaban J connectivity index is 1.24. The van der Waals surface area contributed by atoms with Gasteiger partial charge < -0.3 is 9.42 Å². The minimum atomic E-state index is 0.232. The first kappa shape index (κ1) is 20.3. The van der Waals surface area contributed by atoms with Crippen molar-refractivity contribution in [3.05, 3.63) is 71.1 Å². The third kappa shape index (κ3) is 5.13. The van der Waals surface area contributed by atoms with Crippen LogP contribution in [0.5, 0.6) is 0 Å². The van der Waals surface area contributed by atoms with E-state index in [4.69, 9.17) is 4.52 Å². The van der Waals surface area contributed by atoms with Gasteiger partial charge in [0.1, 0.15) is 0 Å². The molecule has 1 saturated heterocycles. The first-order valence-electron chi connectivity index (χ1n) is 10.5. The van der Waals surface area contributed by atoms with E-state index < -0.39 is 0 Å². The van der Waals surface area contributed by atoms with Crippen LogP contribution in [0.1, 0.15) is 29.0 Å². The average Bonchev–Trinajstić information content (AvgIpc) is 3.21. The zero-order chi connectivity index (χ0) is 20.9. The smallest absolute Gasteiger partial charge is 0.241 e. The van der Waals surface area contributed by atoms with E-state index in [2.05, 4.69) is 53.2 Å². The van der Waals surface area contributed by atoms with Crippen molar-refractivity contribution in [2.45, 2.75) is 33.2 Å².